The molecule has 0 aliphatic carbocycles. The first-order chi connectivity index (χ1) is 17.8. The molecule has 1 spiro atoms. The molecule has 37 heavy (non-hydrogen) atoms. The van der Waals surface area contributed by atoms with Crippen molar-refractivity contribution in [3.63, 3.8) is 0 Å². The fourth-order valence-electron chi connectivity index (χ4n) is 5.45. The molecule has 2 aliphatic rings. The molecule has 12 heteroatoms. The molecule has 2 aliphatic heterocycles. The summed E-state index contributed by atoms with van der Waals surface area (Å²) in [6, 6.07) is 6.94. The number of halogens is 1. The Morgan fingerprint density at radius 3 is 2.68 bits per heavy atom. The van der Waals surface area contributed by atoms with Crippen molar-refractivity contribution in [1.29, 1.82) is 0 Å². The minimum Gasteiger partial charge on any atom is -0.376 e. The summed E-state index contributed by atoms with van der Waals surface area (Å²) in [5.74, 6) is 0.603. The fraction of sp³-hybridized carbons (Fsp3) is 0.400. The van der Waals surface area contributed by atoms with Gasteiger partial charge in [0.1, 0.15) is 5.82 Å². The van der Waals surface area contributed by atoms with Gasteiger partial charge in [-0.15, -0.1) is 0 Å². The molecule has 0 bridgehead atoms. The topological polar surface area (TPSA) is 137 Å². The number of anilines is 1. The van der Waals surface area contributed by atoms with Gasteiger partial charge in [0.15, 0.2) is 11.2 Å². The summed E-state index contributed by atoms with van der Waals surface area (Å²) in [4.78, 5) is 40.3. The summed E-state index contributed by atoms with van der Waals surface area (Å²) < 4.78 is 8.45. The summed E-state index contributed by atoms with van der Waals surface area (Å²) >= 11 is 6.66. The number of benzene rings is 1. The predicted octanol–water partition coefficient (Wildman–Crippen LogP) is 1.86. The van der Waals surface area contributed by atoms with Crippen LogP contribution in [0.2, 0.25) is 5.02 Å². The lowest BCUT2D eigenvalue weighted by Crippen LogP contribution is -2.50. The Kier molecular flexibility index (Phi) is 5.66. The second-order valence-corrected chi connectivity index (χ2v) is 10.3. The van der Waals surface area contributed by atoms with Crippen LogP contribution in [0, 0.1) is 5.41 Å². The number of nitrogens with one attached hydrogen (secondary N) is 1. The molecule has 0 unspecified atom stereocenters. The molecule has 0 amide bonds. The van der Waals surface area contributed by atoms with Gasteiger partial charge in [-0.1, -0.05) is 23.7 Å². The first kappa shape index (κ1) is 23.8. The highest BCUT2D eigenvalue weighted by molar-refractivity contribution is 6.35. The van der Waals surface area contributed by atoms with Crippen molar-refractivity contribution >= 4 is 28.6 Å². The molecule has 11 nitrogen and oxygen atoms in total. The minimum atomic E-state index is -0.648. The number of hydrogen-bond acceptors (Lipinski definition) is 8. The molecule has 0 radical (unpaired) electrons. The minimum absolute atomic E-state index is 0.00941. The third kappa shape index (κ3) is 3.85. The maximum atomic E-state index is 13.4. The van der Waals surface area contributed by atoms with Crippen LogP contribution in [-0.2, 0) is 11.8 Å². The highest BCUT2D eigenvalue weighted by atomic mass is 35.5. The molecule has 5 heterocycles. The zero-order chi connectivity index (χ0) is 25.9. The molecule has 0 saturated carbocycles. The molecule has 6 rings (SSSR count). The van der Waals surface area contributed by atoms with Gasteiger partial charge >= 0.3 is 5.69 Å². The molecule has 3 N–H and O–H groups in total. The maximum Gasteiger partial charge on any atom is 0.334 e. The van der Waals surface area contributed by atoms with Crippen LogP contribution in [0.1, 0.15) is 19.8 Å². The smallest absolute Gasteiger partial charge is 0.334 e. The SMILES string of the molecule is C[C@@H]1OCC2(CCN(c3cnc4c(=O)n(-c5cccc(-c6ccn(C)n6)c5Cl)c(=O)[nH]c4n3)CC2)[C@@H]1N. The van der Waals surface area contributed by atoms with E-state index in [4.69, 9.17) is 22.1 Å². The van der Waals surface area contributed by atoms with Crippen LogP contribution in [0.25, 0.3) is 28.1 Å². The van der Waals surface area contributed by atoms with Crippen LogP contribution in [-0.4, -0.2) is 61.1 Å². The fourth-order valence-corrected chi connectivity index (χ4v) is 5.76. The number of aromatic nitrogens is 6. The Labute approximate surface area is 216 Å². The standard InChI is InChI=1S/C25H27ClN8O3/c1-14-21(27)25(13-37-14)7-10-33(11-8-25)18-12-28-20-22(29-18)30-24(36)34(23(20)35)17-5-3-4-15(19(17)26)16-6-9-32(2)31-16/h3-6,9,12,14,21H,7-8,10-11,13,27H2,1-2H3,(H,29,30,36)/t14-,21+/m0/s1. The van der Waals surface area contributed by atoms with Gasteiger partial charge in [-0.05, 0) is 31.9 Å². The Balaban J connectivity index is 1.34. The van der Waals surface area contributed by atoms with E-state index in [1.54, 1.807) is 42.3 Å². The van der Waals surface area contributed by atoms with Gasteiger partial charge in [-0.3, -0.25) is 14.5 Å². The van der Waals surface area contributed by atoms with E-state index in [0.29, 0.717) is 23.7 Å². The van der Waals surface area contributed by atoms with E-state index in [-0.39, 0.29) is 39.4 Å². The van der Waals surface area contributed by atoms with Gasteiger partial charge in [0, 0.05) is 43.4 Å². The van der Waals surface area contributed by atoms with Gasteiger partial charge < -0.3 is 15.4 Å². The van der Waals surface area contributed by atoms with Crippen molar-refractivity contribution in [3.05, 3.63) is 62.5 Å². The lowest BCUT2D eigenvalue weighted by molar-refractivity contribution is 0.0974. The third-order valence-electron chi connectivity index (χ3n) is 7.73. The number of aromatic amines is 1. The molecule has 3 aromatic heterocycles. The van der Waals surface area contributed by atoms with Crippen LogP contribution in [0.5, 0.6) is 0 Å². The molecule has 2 atom stereocenters. The summed E-state index contributed by atoms with van der Waals surface area (Å²) in [5.41, 5.74) is 6.84. The number of rotatable bonds is 3. The summed E-state index contributed by atoms with van der Waals surface area (Å²) in [6.07, 6.45) is 5.17. The van der Waals surface area contributed by atoms with Gasteiger partial charge in [-0.25, -0.2) is 19.3 Å². The Morgan fingerprint density at radius 2 is 2.00 bits per heavy atom. The maximum absolute atomic E-state index is 13.4. The molecule has 4 aromatic rings. The quantitative estimate of drug-likeness (QED) is 0.416. The number of nitrogens with zero attached hydrogens (tertiary/aromatic N) is 6. The Bertz CT molecular complexity index is 1620. The molecule has 1 aromatic carbocycles. The van der Waals surface area contributed by atoms with E-state index in [9.17, 15) is 9.59 Å². The van der Waals surface area contributed by atoms with Crippen LogP contribution in [0.4, 0.5) is 5.82 Å². The van der Waals surface area contributed by atoms with E-state index in [0.717, 1.165) is 30.5 Å². The van der Waals surface area contributed by atoms with Crippen molar-refractivity contribution < 1.29 is 4.74 Å². The zero-order valence-electron chi connectivity index (χ0n) is 20.5. The van der Waals surface area contributed by atoms with Crippen molar-refractivity contribution in [3.8, 4) is 16.9 Å². The van der Waals surface area contributed by atoms with Crippen molar-refractivity contribution in [2.75, 3.05) is 24.6 Å². The molecular weight excluding hydrogens is 496 g/mol. The Hall–Kier alpha value is -3.54. The summed E-state index contributed by atoms with van der Waals surface area (Å²) in [7, 11) is 1.80. The number of piperidine rings is 1. The lowest BCUT2D eigenvalue weighted by atomic mass is 9.73. The Morgan fingerprint density at radius 1 is 1.22 bits per heavy atom. The largest absolute Gasteiger partial charge is 0.376 e. The van der Waals surface area contributed by atoms with E-state index in [1.165, 1.54) is 0 Å². The second kappa shape index (κ2) is 8.79. The number of H-pyrrole nitrogens is 1. The van der Waals surface area contributed by atoms with Crippen molar-refractivity contribution in [1.82, 2.24) is 29.3 Å². The van der Waals surface area contributed by atoms with Crippen LogP contribution in [0.15, 0.2) is 46.2 Å². The summed E-state index contributed by atoms with van der Waals surface area (Å²) in [5, 5.41) is 4.61. The molecule has 192 valence electrons. The lowest BCUT2D eigenvalue weighted by Gasteiger charge is -2.41. The molecular formula is C25H27ClN8O3. The summed E-state index contributed by atoms with van der Waals surface area (Å²) in [6.45, 7) is 4.16. The van der Waals surface area contributed by atoms with Crippen LogP contribution >= 0.6 is 11.6 Å². The van der Waals surface area contributed by atoms with Gasteiger partial charge in [0.2, 0.25) is 0 Å². The van der Waals surface area contributed by atoms with E-state index < -0.39 is 11.2 Å². The zero-order valence-corrected chi connectivity index (χ0v) is 21.3. The number of aryl methyl sites for hydroxylation is 1. The van der Waals surface area contributed by atoms with E-state index >= 15 is 0 Å². The normalized spacial score (nSPS) is 21.2. The van der Waals surface area contributed by atoms with Crippen LogP contribution < -0.4 is 21.9 Å². The van der Waals surface area contributed by atoms with E-state index in [1.807, 2.05) is 13.0 Å². The highest BCUT2D eigenvalue weighted by Gasteiger charge is 2.47. The van der Waals surface area contributed by atoms with Crippen LogP contribution in [0.3, 0.4) is 0 Å². The first-order valence-electron chi connectivity index (χ1n) is 12.2. The number of nitrogens with two attached hydrogens (primary N) is 1. The van der Waals surface area contributed by atoms with Gasteiger partial charge in [0.05, 0.1) is 35.3 Å². The number of fused-ring (bicyclic) bond motifs is 1. The van der Waals surface area contributed by atoms with E-state index in [2.05, 4.69) is 25.0 Å². The molecule has 2 saturated heterocycles. The number of ether oxygens (including phenoxy) is 1. The predicted molar refractivity (Wildman–Crippen MR) is 140 cm³/mol. The number of hydrogen-bond donors (Lipinski definition) is 2. The first-order valence-corrected chi connectivity index (χ1v) is 12.6. The van der Waals surface area contributed by atoms with Gasteiger partial charge in [-0.2, -0.15) is 5.10 Å². The van der Waals surface area contributed by atoms with Gasteiger partial charge in [0.25, 0.3) is 5.56 Å². The third-order valence-corrected chi connectivity index (χ3v) is 8.13. The molecule has 2 fully saturated rings. The second-order valence-electron chi connectivity index (χ2n) is 9.90. The average molecular weight is 523 g/mol. The monoisotopic (exact) mass is 522 g/mol. The van der Waals surface area contributed by atoms with Crippen molar-refractivity contribution in [2.45, 2.75) is 31.9 Å². The highest BCUT2D eigenvalue weighted by Crippen LogP contribution is 2.41. The van der Waals surface area contributed by atoms with Crippen molar-refractivity contribution in [2.24, 2.45) is 18.2 Å². The average Bonchev–Trinajstić information content (AvgIpc) is 3.44.